The van der Waals surface area contributed by atoms with Gasteiger partial charge in [-0.25, -0.2) is 0 Å². The molecule has 10 heteroatoms. The third kappa shape index (κ3) is 4.76. The first kappa shape index (κ1) is 20.4. The number of amides is 1. The summed E-state index contributed by atoms with van der Waals surface area (Å²) < 4.78 is 39.1. The van der Waals surface area contributed by atoms with Gasteiger partial charge < -0.3 is 15.5 Å². The topological polar surface area (TPSA) is 87.5 Å². The van der Waals surface area contributed by atoms with E-state index in [0.29, 0.717) is 11.4 Å². The zero-order valence-corrected chi connectivity index (χ0v) is 15.7. The summed E-state index contributed by atoms with van der Waals surface area (Å²) in [6, 6.07) is 7.15. The minimum Gasteiger partial charge on any atom is -0.377 e. The van der Waals surface area contributed by atoms with E-state index in [1.165, 1.54) is 18.2 Å². The highest BCUT2D eigenvalue weighted by molar-refractivity contribution is 6.06. The summed E-state index contributed by atoms with van der Waals surface area (Å²) in [6.07, 6.45) is -2.73. The molecular weight excluding hydrogens is 389 g/mol. The number of anilines is 3. The Morgan fingerprint density at radius 2 is 1.83 bits per heavy atom. The number of alkyl halides is 3. The molecule has 0 unspecified atom stereocenters. The van der Waals surface area contributed by atoms with E-state index in [1.54, 1.807) is 19.0 Å². The predicted octanol–water partition coefficient (Wildman–Crippen LogP) is 4.51. The van der Waals surface area contributed by atoms with Gasteiger partial charge in [-0.15, -0.1) is 0 Å². The van der Waals surface area contributed by atoms with Crippen LogP contribution in [0.2, 0.25) is 0 Å². The maximum absolute atomic E-state index is 13.0. The van der Waals surface area contributed by atoms with Gasteiger partial charge in [0, 0.05) is 31.8 Å². The van der Waals surface area contributed by atoms with Crippen molar-refractivity contribution >= 4 is 28.7 Å². The average molecular weight is 408 g/mol. The van der Waals surface area contributed by atoms with E-state index in [4.69, 9.17) is 0 Å². The Morgan fingerprint density at radius 1 is 1.14 bits per heavy atom. The molecule has 0 atom stereocenters. The van der Waals surface area contributed by atoms with E-state index < -0.39 is 22.6 Å². The number of carbonyl (C=O) groups is 1. The summed E-state index contributed by atoms with van der Waals surface area (Å²) in [4.78, 5) is 24.9. The van der Waals surface area contributed by atoms with Crippen LogP contribution in [0.25, 0.3) is 0 Å². The summed E-state index contributed by atoms with van der Waals surface area (Å²) in [5.74, 6) is -0.742. The number of nitro benzene ring substituents is 1. The van der Waals surface area contributed by atoms with Crippen LogP contribution in [0, 0.1) is 10.1 Å². The second-order valence-electron chi connectivity index (χ2n) is 6.99. The number of hydrogen-bond acceptors (Lipinski definition) is 5. The van der Waals surface area contributed by atoms with Gasteiger partial charge in [-0.1, -0.05) is 0 Å². The minimum absolute atomic E-state index is 0.0276. The molecule has 154 valence electrons. The van der Waals surface area contributed by atoms with Crippen LogP contribution < -0.4 is 15.5 Å². The van der Waals surface area contributed by atoms with Gasteiger partial charge in [0.2, 0.25) is 0 Å². The van der Waals surface area contributed by atoms with Crippen molar-refractivity contribution in [1.82, 2.24) is 0 Å². The van der Waals surface area contributed by atoms with Crippen LogP contribution >= 0.6 is 0 Å². The molecule has 1 amide bonds. The highest BCUT2D eigenvalue weighted by atomic mass is 19.4. The third-order valence-corrected chi connectivity index (χ3v) is 4.45. The Kier molecular flexibility index (Phi) is 5.36. The van der Waals surface area contributed by atoms with Gasteiger partial charge in [-0.05, 0) is 43.2 Å². The second kappa shape index (κ2) is 7.61. The molecule has 0 radical (unpaired) electrons. The zero-order chi connectivity index (χ0) is 21.3. The molecule has 2 N–H and O–H groups in total. The van der Waals surface area contributed by atoms with E-state index in [9.17, 15) is 28.1 Å². The van der Waals surface area contributed by atoms with Crippen molar-refractivity contribution in [3.63, 3.8) is 0 Å². The maximum Gasteiger partial charge on any atom is 0.416 e. The Morgan fingerprint density at radius 3 is 2.38 bits per heavy atom. The number of carbonyl (C=O) groups excluding carboxylic acids is 1. The lowest BCUT2D eigenvalue weighted by molar-refractivity contribution is -0.384. The molecule has 1 aliphatic rings. The molecule has 29 heavy (non-hydrogen) atoms. The number of benzene rings is 2. The number of hydrogen-bond donors (Lipinski definition) is 2. The van der Waals surface area contributed by atoms with Crippen molar-refractivity contribution in [1.29, 1.82) is 0 Å². The van der Waals surface area contributed by atoms with Crippen molar-refractivity contribution in [2.75, 3.05) is 29.6 Å². The lowest BCUT2D eigenvalue weighted by Gasteiger charge is -2.20. The number of rotatable bonds is 6. The molecule has 0 saturated heterocycles. The lowest BCUT2D eigenvalue weighted by Crippen LogP contribution is -2.18. The van der Waals surface area contributed by atoms with Gasteiger partial charge in [0.25, 0.3) is 11.6 Å². The molecule has 0 aliphatic heterocycles. The molecule has 2 aromatic rings. The van der Waals surface area contributed by atoms with Crippen molar-refractivity contribution in [2.45, 2.75) is 25.1 Å². The smallest absolute Gasteiger partial charge is 0.377 e. The Hall–Kier alpha value is -3.30. The van der Waals surface area contributed by atoms with Crippen LogP contribution in [-0.2, 0) is 6.18 Å². The van der Waals surface area contributed by atoms with Crippen LogP contribution in [0.5, 0.6) is 0 Å². The standard InChI is InChI=1S/C19H19F3N4O3/c1-25(2)16-8-4-12(19(20,21)22)10-15(16)24-18(27)11-3-7-14(23-13-5-6-13)17(9-11)26(28)29/h3-4,7-10,13,23H,5-6H2,1-2H3,(H,24,27). The predicted molar refractivity (Wildman–Crippen MR) is 103 cm³/mol. The van der Waals surface area contributed by atoms with Crippen LogP contribution in [-0.4, -0.2) is 31.0 Å². The van der Waals surface area contributed by atoms with Crippen molar-refractivity contribution in [2.24, 2.45) is 0 Å². The average Bonchev–Trinajstić information content (AvgIpc) is 3.44. The number of halogens is 3. The highest BCUT2D eigenvalue weighted by Crippen LogP contribution is 2.36. The zero-order valence-electron chi connectivity index (χ0n) is 15.7. The fourth-order valence-electron chi connectivity index (χ4n) is 2.79. The van der Waals surface area contributed by atoms with Crippen molar-refractivity contribution < 1.29 is 22.9 Å². The summed E-state index contributed by atoms with van der Waals surface area (Å²) in [5.41, 5.74) is -0.567. The fourth-order valence-corrected chi connectivity index (χ4v) is 2.79. The van der Waals surface area contributed by atoms with Crippen LogP contribution in [0.4, 0.5) is 35.9 Å². The summed E-state index contributed by atoms with van der Waals surface area (Å²) >= 11 is 0. The van der Waals surface area contributed by atoms with Gasteiger partial charge in [-0.3, -0.25) is 14.9 Å². The highest BCUT2D eigenvalue weighted by Gasteiger charge is 2.31. The minimum atomic E-state index is -4.57. The summed E-state index contributed by atoms with van der Waals surface area (Å²) in [6.45, 7) is 0. The monoisotopic (exact) mass is 408 g/mol. The van der Waals surface area contributed by atoms with E-state index in [1.807, 2.05) is 0 Å². The number of nitro groups is 1. The summed E-state index contributed by atoms with van der Waals surface area (Å²) in [5, 5.41) is 16.8. The van der Waals surface area contributed by atoms with E-state index >= 15 is 0 Å². The van der Waals surface area contributed by atoms with Gasteiger partial charge >= 0.3 is 6.18 Å². The van der Waals surface area contributed by atoms with Gasteiger partial charge in [-0.2, -0.15) is 13.2 Å². The molecule has 0 spiro atoms. The number of nitrogens with one attached hydrogen (secondary N) is 2. The van der Waals surface area contributed by atoms with Crippen molar-refractivity contribution in [3.05, 3.63) is 57.6 Å². The maximum atomic E-state index is 13.0. The first-order valence-electron chi connectivity index (χ1n) is 8.81. The summed E-state index contributed by atoms with van der Waals surface area (Å²) in [7, 11) is 3.25. The SMILES string of the molecule is CN(C)c1ccc(C(F)(F)F)cc1NC(=O)c1ccc(NC2CC2)c([N+](=O)[O-])c1. The number of nitrogens with zero attached hydrogens (tertiary/aromatic N) is 2. The molecule has 1 fully saturated rings. The molecular formula is C19H19F3N4O3. The Balaban J connectivity index is 1.91. The molecule has 7 nitrogen and oxygen atoms in total. The molecule has 0 bridgehead atoms. The molecule has 3 rings (SSSR count). The second-order valence-corrected chi connectivity index (χ2v) is 6.99. The van der Waals surface area contributed by atoms with E-state index in [-0.39, 0.29) is 23.0 Å². The largest absolute Gasteiger partial charge is 0.416 e. The van der Waals surface area contributed by atoms with E-state index in [0.717, 1.165) is 31.0 Å². The Labute approximate surface area is 164 Å². The molecule has 0 heterocycles. The van der Waals surface area contributed by atoms with Crippen LogP contribution in [0.3, 0.4) is 0 Å². The normalized spacial score (nSPS) is 13.7. The lowest BCUT2D eigenvalue weighted by atomic mass is 10.1. The third-order valence-electron chi connectivity index (χ3n) is 4.45. The first-order valence-corrected chi connectivity index (χ1v) is 8.81. The van der Waals surface area contributed by atoms with Gasteiger partial charge in [0.05, 0.1) is 21.9 Å². The quantitative estimate of drug-likeness (QED) is 0.543. The van der Waals surface area contributed by atoms with Crippen LogP contribution in [0.1, 0.15) is 28.8 Å². The van der Waals surface area contributed by atoms with E-state index in [2.05, 4.69) is 10.6 Å². The van der Waals surface area contributed by atoms with Crippen molar-refractivity contribution in [3.8, 4) is 0 Å². The fraction of sp³-hybridized carbons (Fsp3) is 0.316. The molecule has 1 aliphatic carbocycles. The van der Waals surface area contributed by atoms with Gasteiger partial charge in [0.15, 0.2) is 0 Å². The molecule has 2 aromatic carbocycles. The van der Waals surface area contributed by atoms with Gasteiger partial charge in [0.1, 0.15) is 5.69 Å². The Bertz CT molecular complexity index is 956. The molecule has 1 saturated carbocycles. The first-order chi connectivity index (χ1) is 13.6. The molecule has 0 aromatic heterocycles. The van der Waals surface area contributed by atoms with Crippen LogP contribution in [0.15, 0.2) is 36.4 Å².